The van der Waals surface area contributed by atoms with Gasteiger partial charge in [-0.3, -0.25) is 0 Å². The molecule has 0 amide bonds. The molecule has 3 aromatic rings. The molecular formula is C19H13F6N3. The monoisotopic (exact) mass is 397 g/mol. The van der Waals surface area contributed by atoms with E-state index in [9.17, 15) is 26.3 Å². The first-order valence-electron chi connectivity index (χ1n) is 7.96. The summed E-state index contributed by atoms with van der Waals surface area (Å²) in [4.78, 5) is 4.01. The van der Waals surface area contributed by atoms with Crippen molar-refractivity contribution < 1.29 is 26.3 Å². The van der Waals surface area contributed by atoms with Crippen molar-refractivity contribution in [2.24, 2.45) is 0 Å². The average molecular weight is 397 g/mol. The third kappa shape index (κ3) is 4.93. The zero-order valence-electron chi connectivity index (χ0n) is 14.1. The Kier molecular flexibility index (Phi) is 5.17. The van der Waals surface area contributed by atoms with Crippen molar-refractivity contribution in [3.05, 3.63) is 78.0 Å². The van der Waals surface area contributed by atoms with Gasteiger partial charge in [0.1, 0.15) is 5.82 Å². The molecule has 0 saturated carbocycles. The maximum Gasteiger partial charge on any atom is 0.416 e. The van der Waals surface area contributed by atoms with Crippen LogP contribution in [0.1, 0.15) is 11.1 Å². The van der Waals surface area contributed by atoms with E-state index >= 15 is 0 Å². The molecule has 146 valence electrons. The molecule has 1 heterocycles. The zero-order chi connectivity index (χ0) is 20.4. The van der Waals surface area contributed by atoms with Crippen LogP contribution >= 0.6 is 0 Å². The highest BCUT2D eigenvalue weighted by Crippen LogP contribution is 2.33. The summed E-state index contributed by atoms with van der Waals surface area (Å²) in [5, 5.41) is 5.57. The molecule has 0 fully saturated rings. The van der Waals surface area contributed by atoms with Crippen LogP contribution in [0.3, 0.4) is 0 Å². The van der Waals surface area contributed by atoms with Crippen molar-refractivity contribution in [1.82, 2.24) is 4.98 Å². The van der Waals surface area contributed by atoms with E-state index in [1.54, 1.807) is 0 Å². The third-order valence-electron chi connectivity index (χ3n) is 3.70. The Morgan fingerprint density at radius 3 is 1.64 bits per heavy atom. The van der Waals surface area contributed by atoms with Crippen LogP contribution in [0.4, 0.5) is 49.2 Å². The van der Waals surface area contributed by atoms with Crippen LogP contribution in [-0.4, -0.2) is 4.98 Å². The minimum atomic E-state index is -4.47. The summed E-state index contributed by atoms with van der Waals surface area (Å²) >= 11 is 0. The van der Waals surface area contributed by atoms with E-state index < -0.39 is 23.5 Å². The molecule has 0 saturated heterocycles. The topological polar surface area (TPSA) is 37.0 Å². The summed E-state index contributed by atoms with van der Waals surface area (Å²) in [6.45, 7) is 0. The van der Waals surface area contributed by atoms with Gasteiger partial charge in [0.05, 0.1) is 11.1 Å². The summed E-state index contributed by atoms with van der Waals surface area (Å²) in [5.74, 6) is 0.233. The van der Waals surface area contributed by atoms with Crippen molar-refractivity contribution in [2.45, 2.75) is 12.4 Å². The van der Waals surface area contributed by atoms with Crippen molar-refractivity contribution in [2.75, 3.05) is 10.6 Å². The first-order chi connectivity index (χ1) is 13.1. The first kappa shape index (κ1) is 19.5. The number of hydrogen-bond donors (Lipinski definition) is 2. The van der Waals surface area contributed by atoms with Crippen LogP contribution in [-0.2, 0) is 12.4 Å². The number of benzene rings is 2. The normalized spacial score (nSPS) is 11.9. The van der Waals surface area contributed by atoms with Crippen LogP contribution in [0, 0.1) is 0 Å². The van der Waals surface area contributed by atoms with Gasteiger partial charge in [-0.1, -0.05) is 12.1 Å². The van der Waals surface area contributed by atoms with Crippen LogP contribution in [0.5, 0.6) is 0 Å². The fraction of sp³-hybridized carbons (Fsp3) is 0.105. The lowest BCUT2D eigenvalue weighted by molar-refractivity contribution is -0.138. The molecule has 2 aromatic carbocycles. The lowest BCUT2D eigenvalue weighted by atomic mass is 10.2. The predicted molar refractivity (Wildman–Crippen MR) is 93.7 cm³/mol. The Morgan fingerprint density at radius 2 is 1.11 bits per heavy atom. The molecule has 0 aliphatic heterocycles. The molecule has 0 spiro atoms. The number of nitrogens with zero attached hydrogens (tertiary/aromatic N) is 1. The molecule has 0 bridgehead atoms. The lowest BCUT2D eigenvalue weighted by Crippen LogP contribution is -2.05. The number of aromatic nitrogens is 1. The largest absolute Gasteiger partial charge is 0.416 e. The Hall–Kier alpha value is -3.23. The van der Waals surface area contributed by atoms with Gasteiger partial charge in [0, 0.05) is 29.3 Å². The molecule has 0 aliphatic carbocycles. The van der Waals surface area contributed by atoms with Gasteiger partial charge in [-0.05, 0) is 42.5 Å². The number of alkyl halides is 6. The molecule has 3 nitrogen and oxygen atoms in total. The van der Waals surface area contributed by atoms with Gasteiger partial charge >= 0.3 is 12.4 Å². The molecule has 0 unspecified atom stereocenters. The second-order valence-corrected chi connectivity index (χ2v) is 5.84. The second-order valence-electron chi connectivity index (χ2n) is 5.84. The molecule has 28 heavy (non-hydrogen) atoms. The fourth-order valence-corrected chi connectivity index (χ4v) is 2.44. The van der Waals surface area contributed by atoms with E-state index in [2.05, 4.69) is 15.6 Å². The molecule has 9 heteroatoms. The van der Waals surface area contributed by atoms with Crippen LogP contribution in [0.25, 0.3) is 0 Å². The molecule has 1 aromatic heterocycles. The molecular weight excluding hydrogens is 384 g/mol. The minimum absolute atomic E-state index is 0.179. The summed E-state index contributed by atoms with van der Waals surface area (Å²) in [6, 6.07) is 12.2. The average Bonchev–Trinajstić information content (AvgIpc) is 2.61. The smallest absolute Gasteiger partial charge is 0.355 e. The standard InChI is InChI=1S/C19H13F6N3/c20-18(21,22)12-3-1-5-14(9-12)27-16-7-8-26-17(11-16)28-15-6-2-4-13(10-15)19(23,24)25/h1-11H,(H2,26,27,28). The molecule has 0 radical (unpaired) electrons. The highest BCUT2D eigenvalue weighted by molar-refractivity contribution is 5.66. The molecule has 0 atom stereocenters. The molecule has 0 aliphatic rings. The summed E-state index contributed by atoms with van der Waals surface area (Å²) in [6.07, 6.45) is -7.56. The summed E-state index contributed by atoms with van der Waals surface area (Å²) < 4.78 is 76.8. The van der Waals surface area contributed by atoms with Gasteiger partial charge in [-0.25, -0.2) is 4.98 Å². The summed E-state index contributed by atoms with van der Waals surface area (Å²) in [5.41, 5.74) is -0.794. The van der Waals surface area contributed by atoms with Crippen molar-refractivity contribution >= 4 is 22.9 Å². The Morgan fingerprint density at radius 1 is 0.607 bits per heavy atom. The Labute approximate surface area is 156 Å². The molecule has 3 rings (SSSR count). The van der Waals surface area contributed by atoms with Gasteiger partial charge in [0.25, 0.3) is 0 Å². The number of pyridine rings is 1. The van der Waals surface area contributed by atoms with Crippen LogP contribution in [0.2, 0.25) is 0 Å². The van der Waals surface area contributed by atoms with Gasteiger partial charge in [0.15, 0.2) is 0 Å². The lowest BCUT2D eigenvalue weighted by Gasteiger charge is -2.13. The minimum Gasteiger partial charge on any atom is -0.355 e. The van der Waals surface area contributed by atoms with E-state index in [1.807, 2.05) is 0 Å². The zero-order valence-corrected chi connectivity index (χ0v) is 14.1. The third-order valence-corrected chi connectivity index (χ3v) is 3.70. The van der Waals surface area contributed by atoms with Gasteiger partial charge in [-0.15, -0.1) is 0 Å². The second kappa shape index (κ2) is 7.41. The van der Waals surface area contributed by atoms with E-state index in [1.165, 1.54) is 42.6 Å². The van der Waals surface area contributed by atoms with E-state index in [0.717, 1.165) is 24.3 Å². The van der Waals surface area contributed by atoms with E-state index in [4.69, 9.17) is 0 Å². The van der Waals surface area contributed by atoms with Crippen LogP contribution in [0.15, 0.2) is 66.9 Å². The number of halogens is 6. The highest BCUT2D eigenvalue weighted by atomic mass is 19.4. The van der Waals surface area contributed by atoms with Gasteiger partial charge < -0.3 is 10.6 Å². The van der Waals surface area contributed by atoms with E-state index in [-0.39, 0.29) is 17.2 Å². The van der Waals surface area contributed by atoms with Gasteiger partial charge in [-0.2, -0.15) is 26.3 Å². The maximum absolute atomic E-state index is 12.8. The molecule has 2 N–H and O–H groups in total. The van der Waals surface area contributed by atoms with Gasteiger partial charge in [0.2, 0.25) is 0 Å². The first-order valence-corrected chi connectivity index (χ1v) is 7.96. The SMILES string of the molecule is FC(F)(F)c1cccc(Nc2ccnc(Nc3cccc(C(F)(F)F)c3)c2)c1. The number of nitrogens with one attached hydrogen (secondary N) is 2. The Balaban J connectivity index is 1.78. The quantitative estimate of drug-likeness (QED) is 0.487. The van der Waals surface area contributed by atoms with Crippen molar-refractivity contribution in [3.63, 3.8) is 0 Å². The van der Waals surface area contributed by atoms with Crippen molar-refractivity contribution in [1.29, 1.82) is 0 Å². The van der Waals surface area contributed by atoms with Crippen LogP contribution < -0.4 is 10.6 Å². The maximum atomic E-state index is 12.8. The van der Waals surface area contributed by atoms with E-state index in [0.29, 0.717) is 5.69 Å². The number of rotatable bonds is 4. The number of hydrogen-bond acceptors (Lipinski definition) is 3. The fourth-order valence-electron chi connectivity index (χ4n) is 2.44. The number of anilines is 4. The highest BCUT2D eigenvalue weighted by Gasteiger charge is 2.31. The predicted octanol–water partition coefficient (Wildman–Crippen LogP) is 6.61. The van der Waals surface area contributed by atoms with Crippen molar-refractivity contribution in [3.8, 4) is 0 Å². The Bertz CT molecular complexity index is 891. The summed E-state index contributed by atoms with van der Waals surface area (Å²) in [7, 11) is 0.